The van der Waals surface area contributed by atoms with Gasteiger partial charge in [-0.05, 0) is 26.7 Å². The van der Waals surface area contributed by atoms with E-state index in [2.05, 4.69) is 39.1 Å². The Balaban J connectivity index is 1.71. The summed E-state index contributed by atoms with van der Waals surface area (Å²) >= 11 is 0. The number of nitrogens with one attached hydrogen (secondary N) is 1. The first-order valence-electron chi connectivity index (χ1n) is 7.28. The maximum absolute atomic E-state index is 4.38. The van der Waals surface area contributed by atoms with Crippen LogP contribution in [0, 0.1) is 0 Å². The Morgan fingerprint density at radius 3 is 2.70 bits per heavy atom. The Hall–Kier alpha value is -1.69. The average Bonchev–Trinajstić information content (AvgIpc) is 2.82. The molecular formula is C14H22N6. The molecule has 0 aliphatic carbocycles. The summed E-state index contributed by atoms with van der Waals surface area (Å²) in [7, 11) is 1.90. The molecule has 1 aliphatic heterocycles. The lowest BCUT2D eigenvalue weighted by atomic mass is 10.0. The van der Waals surface area contributed by atoms with E-state index >= 15 is 0 Å². The lowest BCUT2D eigenvalue weighted by Crippen LogP contribution is -2.42. The fourth-order valence-corrected chi connectivity index (χ4v) is 2.83. The second kappa shape index (κ2) is 5.36. The largest absolute Gasteiger partial charge is 0.367 e. The van der Waals surface area contributed by atoms with Crippen LogP contribution in [-0.4, -0.2) is 49.8 Å². The number of likely N-dealkylation sites (tertiary alicyclic amines) is 1. The molecule has 0 saturated carbocycles. The van der Waals surface area contributed by atoms with Crippen molar-refractivity contribution in [2.75, 3.05) is 18.4 Å². The minimum absolute atomic E-state index is 0.489. The van der Waals surface area contributed by atoms with Crippen molar-refractivity contribution in [3.8, 4) is 0 Å². The maximum Gasteiger partial charge on any atom is 0.163 e. The van der Waals surface area contributed by atoms with Gasteiger partial charge in [-0.2, -0.15) is 5.10 Å². The summed E-state index contributed by atoms with van der Waals surface area (Å²) in [5, 5.41) is 8.82. The number of aryl methyl sites for hydroxylation is 1. The molecule has 1 fully saturated rings. The summed E-state index contributed by atoms with van der Waals surface area (Å²) in [6.45, 7) is 6.82. The minimum Gasteiger partial charge on any atom is -0.367 e. The van der Waals surface area contributed by atoms with Crippen LogP contribution in [0.25, 0.3) is 11.0 Å². The molecule has 1 N–H and O–H groups in total. The molecule has 108 valence electrons. The van der Waals surface area contributed by atoms with Crippen LogP contribution < -0.4 is 5.32 Å². The van der Waals surface area contributed by atoms with E-state index in [0.29, 0.717) is 12.1 Å². The maximum atomic E-state index is 4.38. The van der Waals surface area contributed by atoms with Crippen LogP contribution in [0.3, 0.4) is 0 Å². The number of rotatable bonds is 3. The molecule has 0 aromatic carbocycles. The molecule has 1 saturated heterocycles. The smallest absolute Gasteiger partial charge is 0.163 e. The molecular weight excluding hydrogens is 252 g/mol. The molecule has 20 heavy (non-hydrogen) atoms. The molecule has 0 radical (unpaired) electrons. The topological polar surface area (TPSA) is 58.9 Å². The van der Waals surface area contributed by atoms with Gasteiger partial charge in [-0.15, -0.1) is 0 Å². The van der Waals surface area contributed by atoms with Crippen LogP contribution in [0.5, 0.6) is 0 Å². The van der Waals surface area contributed by atoms with Crippen molar-refractivity contribution in [3.05, 3.63) is 12.5 Å². The summed E-state index contributed by atoms with van der Waals surface area (Å²) in [4.78, 5) is 11.2. The first kappa shape index (κ1) is 13.3. The summed E-state index contributed by atoms with van der Waals surface area (Å²) in [6.07, 6.45) is 5.75. The molecule has 6 heteroatoms. The molecule has 0 unspecified atom stereocenters. The molecule has 0 amide bonds. The second-order valence-electron chi connectivity index (χ2n) is 5.78. The van der Waals surface area contributed by atoms with Crippen molar-refractivity contribution in [1.82, 2.24) is 24.6 Å². The first-order valence-corrected chi connectivity index (χ1v) is 7.28. The lowest BCUT2D eigenvalue weighted by molar-refractivity contribution is 0.177. The van der Waals surface area contributed by atoms with Crippen molar-refractivity contribution in [2.45, 2.75) is 38.8 Å². The summed E-state index contributed by atoms with van der Waals surface area (Å²) in [5.74, 6) is 0.908. The van der Waals surface area contributed by atoms with E-state index < -0.39 is 0 Å². The van der Waals surface area contributed by atoms with Gasteiger partial charge in [0, 0.05) is 32.2 Å². The fourth-order valence-electron chi connectivity index (χ4n) is 2.83. The Labute approximate surface area is 119 Å². The predicted molar refractivity (Wildman–Crippen MR) is 79.7 cm³/mol. The quantitative estimate of drug-likeness (QED) is 0.922. The van der Waals surface area contributed by atoms with Crippen molar-refractivity contribution in [2.24, 2.45) is 7.05 Å². The van der Waals surface area contributed by atoms with Crippen LogP contribution >= 0.6 is 0 Å². The Bertz CT molecular complexity index is 582. The van der Waals surface area contributed by atoms with E-state index in [0.717, 1.165) is 42.8 Å². The van der Waals surface area contributed by atoms with E-state index in [1.54, 1.807) is 11.0 Å². The zero-order chi connectivity index (χ0) is 14.1. The Morgan fingerprint density at radius 1 is 1.25 bits per heavy atom. The average molecular weight is 274 g/mol. The van der Waals surface area contributed by atoms with Crippen molar-refractivity contribution in [3.63, 3.8) is 0 Å². The molecule has 0 atom stereocenters. The van der Waals surface area contributed by atoms with E-state index in [4.69, 9.17) is 0 Å². The van der Waals surface area contributed by atoms with Crippen molar-refractivity contribution in [1.29, 1.82) is 0 Å². The minimum atomic E-state index is 0.489. The third-order valence-electron chi connectivity index (χ3n) is 4.13. The van der Waals surface area contributed by atoms with E-state index in [-0.39, 0.29) is 0 Å². The van der Waals surface area contributed by atoms with Gasteiger partial charge in [0.15, 0.2) is 5.65 Å². The van der Waals surface area contributed by atoms with E-state index in [1.165, 1.54) is 0 Å². The van der Waals surface area contributed by atoms with Gasteiger partial charge in [0.25, 0.3) is 0 Å². The molecule has 0 bridgehead atoms. The van der Waals surface area contributed by atoms with Crippen molar-refractivity contribution < 1.29 is 0 Å². The summed E-state index contributed by atoms with van der Waals surface area (Å²) < 4.78 is 1.78. The third kappa shape index (κ3) is 2.47. The normalized spacial score (nSPS) is 18.0. The zero-order valence-electron chi connectivity index (χ0n) is 12.4. The van der Waals surface area contributed by atoms with Crippen LogP contribution in [0.2, 0.25) is 0 Å². The summed E-state index contributed by atoms with van der Waals surface area (Å²) in [5.41, 5.74) is 0.877. The number of anilines is 1. The SMILES string of the molecule is CC(C)N1CCC(Nc2ncnc3c2cnn3C)CC1. The zero-order valence-corrected chi connectivity index (χ0v) is 12.4. The highest BCUT2D eigenvalue weighted by Gasteiger charge is 2.21. The molecule has 2 aromatic heterocycles. The molecule has 1 aliphatic rings. The number of hydrogen-bond acceptors (Lipinski definition) is 5. The fraction of sp³-hybridized carbons (Fsp3) is 0.643. The Morgan fingerprint density at radius 2 is 2.00 bits per heavy atom. The molecule has 2 aromatic rings. The molecule has 3 rings (SSSR count). The highest BCUT2D eigenvalue weighted by molar-refractivity contribution is 5.86. The number of piperidine rings is 1. The number of aromatic nitrogens is 4. The molecule has 3 heterocycles. The first-order chi connectivity index (χ1) is 9.65. The van der Waals surface area contributed by atoms with Gasteiger partial charge >= 0.3 is 0 Å². The van der Waals surface area contributed by atoms with E-state index in [1.807, 2.05) is 13.2 Å². The molecule has 6 nitrogen and oxygen atoms in total. The number of hydrogen-bond donors (Lipinski definition) is 1. The Kier molecular flexibility index (Phi) is 3.56. The third-order valence-corrected chi connectivity index (χ3v) is 4.13. The van der Waals surface area contributed by atoms with Gasteiger partial charge < -0.3 is 10.2 Å². The number of nitrogens with zero attached hydrogens (tertiary/aromatic N) is 5. The van der Waals surface area contributed by atoms with E-state index in [9.17, 15) is 0 Å². The van der Waals surface area contributed by atoms with Gasteiger partial charge in [0.1, 0.15) is 12.1 Å². The van der Waals surface area contributed by atoms with Crippen LogP contribution in [0.15, 0.2) is 12.5 Å². The molecule has 0 spiro atoms. The number of fused-ring (bicyclic) bond motifs is 1. The highest BCUT2D eigenvalue weighted by atomic mass is 15.3. The van der Waals surface area contributed by atoms with Crippen LogP contribution in [0.1, 0.15) is 26.7 Å². The monoisotopic (exact) mass is 274 g/mol. The van der Waals surface area contributed by atoms with Gasteiger partial charge in [-0.3, -0.25) is 4.68 Å². The standard InChI is InChI=1S/C14H22N6/c1-10(2)20-6-4-11(5-7-20)18-13-12-8-17-19(3)14(12)16-9-15-13/h8-11H,4-7H2,1-3H3,(H,15,16,18). The van der Waals surface area contributed by atoms with Crippen molar-refractivity contribution >= 4 is 16.9 Å². The van der Waals surface area contributed by atoms with Gasteiger partial charge in [-0.1, -0.05) is 0 Å². The lowest BCUT2D eigenvalue weighted by Gasteiger charge is -2.35. The van der Waals surface area contributed by atoms with Gasteiger partial charge in [-0.25, -0.2) is 9.97 Å². The van der Waals surface area contributed by atoms with Crippen LogP contribution in [-0.2, 0) is 7.05 Å². The van der Waals surface area contributed by atoms with Crippen LogP contribution in [0.4, 0.5) is 5.82 Å². The summed E-state index contributed by atoms with van der Waals surface area (Å²) in [6, 6.07) is 1.13. The second-order valence-corrected chi connectivity index (χ2v) is 5.78. The highest BCUT2D eigenvalue weighted by Crippen LogP contribution is 2.22. The van der Waals surface area contributed by atoms with Gasteiger partial charge in [0.2, 0.25) is 0 Å². The van der Waals surface area contributed by atoms with Gasteiger partial charge in [0.05, 0.1) is 11.6 Å². The predicted octanol–water partition coefficient (Wildman–Crippen LogP) is 1.65.